The predicted molar refractivity (Wildman–Crippen MR) is 60.5 cm³/mol. The lowest BCUT2D eigenvalue weighted by atomic mass is 9.90. The lowest BCUT2D eigenvalue weighted by Crippen LogP contribution is -2.27. The topological polar surface area (TPSA) is 26.3 Å². The lowest BCUT2D eigenvalue weighted by molar-refractivity contribution is -0.121. The van der Waals surface area contributed by atoms with E-state index in [9.17, 15) is 4.79 Å². The quantitative estimate of drug-likeness (QED) is 0.672. The summed E-state index contributed by atoms with van der Waals surface area (Å²) in [6, 6.07) is 0. The van der Waals surface area contributed by atoms with Gasteiger partial charge in [-0.3, -0.25) is 4.79 Å². The molecule has 14 heavy (non-hydrogen) atoms. The Morgan fingerprint density at radius 1 is 1.50 bits per heavy atom. The Bertz CT molecular complexity index is 251. The standard InChI is InChI=1S/C11H20O2Si/c1-9(12)10-6-5-7-11(8-10)13-14(2,3)4/h7,10H,5-6,8H2,1-4H3/t10-/m0/s1. The molecular weight excluding hydrogens is 192 g/mol. The largest absolute Gasteiger partial charge is 0.548 e. The Morgan fingerprint density at radius 3 is 2.64 bits per heavy atom. The predicted octanol–water partition coefficient (Wildman–Crippen LogP) is 3.11. The molecule has 1 aliphatic rings. The fourth-order valence-electron chi connectivity index (χ4n) is 1.70. The minimum atomic E-state index is -1.49. The maximum atomic E-state index is 11.2. The van der Waals surface area contributed by atoms with Gasteiger partial charge in [-0.25, -0.2) is 0 Å². The summed E-state index contributed by atoms with van der Waals surface area (Å²) in [6.45, 7) is 8.20. The Morgan fingerprint density at radius 2 is 2.14 bits per heavy atom. The van der Waals surface area contributed by atoms with Crippen molar-refractivity contribution in [2.45, 2.75) is 45.8 Å². The van der Waals surface area contributed by atoms with Crippen LogP contribution in [0.5, 0.6) is 0 Å². The van der Waals surface area contributed by atoms with Crippen LogP contribution in [0.25, 0.3) is 0 Å². The number of hydrogen-bond acceptors (Lipinski definition) is 2. The van der Waals surface area contributed by atoms with E-state index in [0.717, 1.165) is 25.0 Å². The molecule has 0 heterocycles. The molecule has 0 aliphatic heterocycles. The summed E-state index contributed by atoms with van der Waals surface area (Å²) in [4.78, 5) is 11.2. The molecule has 0 aromatic rings. The Kier molecular flexibility index (Phi) is 3.53. The third-order valence-corrected chi connectivity index (χ3v) is 3.22. The van der Waals surface area contributed by atoms with E-state index in [1.54, 1.807) is 6.92 Å². The second-order valence-corrected chi connectivity index (χ2v) is 9.40. The Hall–Kier alpha value is -0.573. The average molecular weight is 212 g/mol. The van der Waals surface area contributed by atoms with Crippen LogP contribution in [0.3, 0.4) is 0 Å². The van der Waals surface area contributed by atoms with Gasteiger partial charge in [-0.15, -0.1) is 0 Å². The molecule has 0 bridgehead atoms. The lowest BCUT2D eigenvalue weighted by Gasteiger charge is -2.27. The van der Waals surface area contributed by atoms with Crippen LogP contribution < -0.4 is 0 Å². The van der Waals surface area contributed by atoms with E-state index >= 15 is 0 Å². The molecule has 0 unspecified atom stereocenters. The highest BCUT2D eigenvalue weighted by molar-refractivity contribution is 6.70. The molecule has 3 heteroatoms. The molecule has 1 aliphatic carbocycles. The van der Waals surface area contributed by atoms with Crippen LogP contribution in [-0.2, 0) is 9.22 Å². The van der Waals surface area contributed by atoms with Gasteiger partial charge in [-0.2, -0.15) is 0 Å². The van der Waals surface area contributed by atoms with E-state index in [1.165, 1.54) is 0 Å². The number of rotatable bonds is 3. The summed E-state index contributed by atoms with van der Waals surface area (Å²) >= 11 is 0. The highest BCUT2D eigenvalue weighted by atomic mass is 28.4. The van der Waals surface area contributed by atoms with Crippen molar-refractivity contribution in [2.24, 2.45) is 5.92 Å². The minimum Gasteiger partial charge on any atom is -0.548 e. The van der Waals surface area contributed by atoms with Crippen LogP contribution in [0.1, 0.15) is 26.2 Å². The van der Waals surface area contributed by atoms with Gasteiger partial charge in [-0.1, -0.05) is 0 Å². The van der Waals surface area contributed by atoms with Gasteiger partial charge in [-0.05, 0) is 45.5 Å². The molecule has 0 saturated heterocycles. The van der Waals surface area contributed by atoms with E-state index in [0.29, 0.717) is 5.78 Å². The summed E-state index contributed by atoms with van der Waals surface area (Å²) in [6.07, 6.45) is 4.95. The van der Waals surface area contributed by atoms with E-state index in [2.05, 4.69) is 25.7 Å². The van der Waals surface area contributed by atoms with E-state index in [4.69, 9.17) is 4.43 Å². The summed E-state index contributed by atoms with van der Waals surface area (Å²) in [5.41, 5.74) is 0. The van der Waals surface area contributed by atoms with Gasteiger partial charge < -0.3 is 4.43 Å². The summed E-state index contributed by atoms with van der Waals surface area (Å²) in [5.74, 6) is 1.55. The van der Waals surface area contributed by atoms with Crippen molar-refractivity contribution in [2.75, 3.05) is 0 Å². The molecule has 1 atom stereocenters. The maximum absolute atomic E-state index is 11.2. The van der Waals surface area contributed by atoms with Crippen molar-refractivity contribution in [1.82, 2.24) is 0 Å². The van der Waals surface area contributed by atoms with E-state index in [-0.39, 0.29) is 5.92 Å². The molecule has 80 valence electrons. The molecule has 0 saturated carbocycles. The van der Waals surface area contributed by atoms with Gasteiger partial charge >= 0.3 is 0 Å². The first-order valence-corrected chi connectivity index (χ1v) is 8.68. The van der Waals surface area contributed by atoms with Crippen LogP contribution in [0.15, 0.2) is 11.8 Å². The molecule has 0 amide bonds. The number of carbonyl (C=O) groups is 1. The van der Waals surface area contributed by atoms with Gasteiger partial charge in [0.05, 0.1) is 5.76 Å². The zero-order valence-corrected chi connectivity index (χ0v) is 10.6. The van der Waals surface area contributed by atoms with Gasteiger partial charge in [0.1, 0.15) is 5.78 Å². The Labute approximate surface area is 87.5 Å². The first-order valence-electron chi connectivity index (χ1n) is 5.27. The minimum absolute atomic E-state index is 0.200. The summed E-state index contributed by atoms with van der Waals surface area (Å²) in [5, 5.41) is 0. The van der Waals surface area contributed by atoms with Crippen LogP contribution >= 0.6 is 0 Å². The van der Waals surface area contributed by atoms with E-state index < -0.39 is 8.32 Å². The smallest absolute Gasteiger partial charge is 0.241 e. The van der Waals surface area contributed by atoms with Crippen molar-refractivity contribution in [3.8, 4) is 0 Å². The van der Waals surface area contributed by atoms with Gasteiger partial charge in [0.15, 0.2) is 0 Å². The summed E-state index contributed by atoms with van der Waals surface area (Å²) in [7, 11) is -1.49. The number of hydrogen-bond donors (Lipinski definition) is 0. The van der Waals surface area contributed by atoms with E-state index in [1.807, 2.05) is 0 Å². The number of Topliss-reactive ketones (excluding diaryl/α,β-unsaturated/α-hetero) is 1. The fraction of sp³-hybridized carbons (Fsp3) is 0.727. The summed E-state index contributed by atoms with van der Waals surface area (Å²) < 4.78 is 5.91. The van der Waals surface area contributed by atoms with Gasteiger partial charge in [0.25, 0.3) is 0 Å². The number of allylic oxidation sites excluding steroid dienone is 2. The Balaban J connectivity index is 2.56. The van der Waals surface area contributed by atoms with Gasteiger partial charge in [0, 0.05) is 12.3 Å². The average Bonchev–Trinajstić information content (AvgIpc) is 2.01. The molecular formula is C11H20O2Si. The van der Waals surface area contributed by atoms with Crippen molar-refractivity contribution in [3.05, 3.63) is 11.8 Å². The van der Waals surface area contributed by atoms with Crippen molar-refractivity contribution in [3.63, 3.8) is 0 Å². The molecule has 0 spiro atoms. The fourth-order valence-corrected chi connectivity index (χ4v) is 2.65. The van der Waals surface area contributed by atoms with Crippen LogP contribution in [0.4, 0.5) is 0 Å². The molecule has 0 fully saturated rings. The van der Waals surface area contributed by atoms with Crippen LogP contribution in [-0.4, -0.2) is 14.1 Å². The normalized spacial score (nSPS) is 22.9. The monoisotopic (exact) mass is 212 g/mol. The highest BCUT2D eigenvalue weighted by Crippen LogP contribution is 2.27. The molecule has 0 radical (unpaired) electrons. The molecule has 0 aromatic heterocycles. The maximum Gasteiger partial charge on any atom is 0.241 e. The van der Waals surface area contributed by atoms with Crippen LogP contribution in [0.2, 0.25) is 19.6 Å². The third kappa shape index (κ3) is 3.66. The zero-order chi connectivity index (χ0) is 10.8. The van der Waals surface area contributed by atoms with Gasteiger partial charge in [0.2, 0.25) is 8.32 Å². The SMILES string of the molecule is CC(=O)[C@H]1CCC=C(O[Si](C)(C)C)C1. The second-order valence-electron chi connectivity index (χ2n) is 4.97. The zero-order valence-electron chi connectivity index (χ0n) is 9.59. The number of carbonyl (C=O) groups excluding carboxylic acids is 1. The first-order chi connectivity index (χ1) is 6.38. The molecule has 2 nitrogen and oxygen atoms in total. The molecule has 0 N–H and O–H groups in total. The first kappa shape index (κ1) is 11.5. The third-order valence-electron chi connectivity index (χ3n) is 2.35. The number of ketones is 1. The molecule has 1 rings (SSSR count). The van der Waals surface area contributed by atoms with Crippen LogP contribution in [0, 0.1) is 5.92 Å². The second kappa shape index (κ2) is 4.30. The van der Waals surface area contributed by atoms with Crippen molar-refractivity contribution < 1.29 is 9.22 Å². The molecule has 0 aromatic carbocycles. The van der Waals surface area contributed by atoms with Crippen molar-refractivity contribution in [1.29, 1.82) is 0 Å². The van der Waals surface area contributed by atoms with Crippen molar-refractivity contribution >= 4 is 14.1 Å². The highest BCUT2D eigenvalue weighted by Gasteiger charge is 2.24.